The average Bonchev–Trinajstić information content (AvgIpc) is 3.15. The van der Waals surface area contributed by atoms with Gasteiger partial charge >= 0.3 is 0 Å². The molecule has 0 bridgehead atoms. The van der Waals surface area contributed by atoms with Crippen LogP contribution in [-0.2, 0) is 4.79 Å². The lowest BCUT2D eigenvalue weighted by Crippen LogP contribution is -2.36. The monoisotopic (exact) mass is 351 g/mol. The van der Waals surface area contributed by atoms with Gasteiger partial charge in [-0.2, -0.15) is 5.26 Å². The number of nitriles is 1. The molecule has 1 amide bonds. The number of thioether (sulfide) groups is 1. The molecule has 2 aromatic rings. The van der Waals surface area contributed by atoms with Gasteiger partial charge in [0.15, 0.2) is 0 Å². The van der Waals surface area contributed by atoms with Crippen molar-refractivity contribution in [3.63, 3.8) is 0 Å². The first kappa shape index (κ1) is 17.1. The molecule has 25 heavy (non-hydrogen) atoms. The summed E-state index contributed by atoms with van der Waals surface area (Å²) in [7, 11) is 0. The summed E-state index contributed by atoms with van der Waals surface area (Å²) in [5.74, 6) is -0.701. The number of furan rings is 1. The number of anilines is 1. The predicted molar refractivity (Wildman–Crippen MR) is 99.3 cm³/mol. The minimum absolute atomic E-state index is 0.207. The third-order valence-corrected chi connectivity index (χ3v) is 4.79. The maximum Gasteiger partial charge on any atom is 0.234 e. The first-order valence-corrected chi connectivity index (χ1v) is 9.01. The number of hydrogen-bond donors (Lipinski definition) is 1. The number of hydrogen-bond acceptors (Lipinski definition) is 5. The Morgan fingerprint density at radius 1 is 1.28 bits per heavy atom. The SMILES string of the molecule is CSC1=C(C#N)C(c2ccco2)C(C(=O)Nc2ccccc2)C(C)=N1. The summed E-state index contributed by atoms with van der Waals surface area (Å²) in [4.78, 5) is 17.5. The summed E-state index contributed by atoms with van der Waals surface area (Å²) < 4.78 is 5.55. The number of para-hydroxylation sites is 1. The molecule has 0 saturated heterocycles. The second-order valence-electron chi connectivity index (χ2n) is 5.61. The van der Waals surface area contributed by atoms with Gasteiger partial charge in [0.05, 0.1) is 29.7 Å². The Labute approximate surface area is 150 Å². The minimum Gasteiger partial charge on any atom is -0.469 e. The van der Waals surface area contributed by atoms with Gasteiger partial charge in [0.2, 0.25) is 5.91 Å². The number of aliphatic imine (C=N–C) groups is 1. The Hall–Kier alpha value is -2.78. The molecule has 0 aliphatic carbocycles. The van der Waals surface area contributed by atoms with E-state index in [1.165, 1.54) is 11.8 Å². The minimum atomic E-state index is -0.600. The Kier molecular flexibility index (Phi) is 5.05. The third-order valence-electron chi connectivity index (χ3n) is 4.09. The zero-order chi connectivity index (χ0) is 17.8. The maximum atomic E-state index is 13.0. The van der Waals surface area contributed by atoms with E-state index >= 15 is 0 Å². The van der Waals surface area contributed by atoms with Crippen molar-refractivity contribution in [2.24, 2.45) is 10.9 Å². The van der Waals surface area contributed by atoms with E-state index < -0.39 is 11.8 Å². The molecule has 1 aliphatic heterocycles. The van der Waals surface area contributed by atoms with Crippen molar-refractivity contribution in [3.8, 4) is 6.07 Å². The fourth-order valence-electron chi connectivity index (χ4n) is 2.96. The van der Waals surface area contributed by atoms with Crippen LogP contribution in [0.2, 0.25) is 0 Å². The van der Waals surface area contributed by atoms with E-state index in [2.05, 4.69) is 16.4 Å². The molecule has 3 rings (SSSR count). The second-order valence-corrected chi connectivity index (χ2v) is 6.41. The summed E-state index contributed by atoms with van der Waals surface area (Å²) in [5, 5.41) is 13.2. The van der Waals surface area contributed by atoms with Crippen LogP contribution in [0.5, 0.6) is 0 Å². The molecule has 0 radical (unpaired) electrons. The molecule has 2 atom stereocenters. The van der Waals surface area contributed by atoms with Gasteiger partial charge in [-0.25, -0.2) is 4.99 Å². The van der Waals surface area contributed by atoms with Crippen LogP contribution in [0, 0.1) is 17.2 Å². The Bertz CT molecular complexity index is 864. The molecule has 0 fully saturated rings. The van der Waals surface area contributed by atoms with Gasteiger partial charge in [0.25, 0.3) is 0 Å². The summed E-state index contributed by atoms with van der Waals surface area (Å²) in [6.45, 7) is 1.82. The zero-order valence-corrected chi connectivity index (χ0v) is 14.7. The van der Waals surface area contributed by atoms with Crippen molar-refractivity contribution in [2.75, 3.05) is 11.6 Å². The second kappa shape index (κ2) is 7.41. The van der Waals surface area contributed by atoms with Gasteiger partial charge < -0.3 is 9.73 Å². The smallest absolute Gasteiger partial charge is 0.234 e. The first-order chi connectivity index (χ1) is 12.2. The maximum absolute atomic E-state index is 13.0. The molecule has 0 spiro atoms. The number of allylic oxidation sites excluding steroid dienone is 1. The van der Waals surface area contributed by atoms with Crippen molar-refractivity contribution in [3.05, 3.63) is 65.1 Å². The lowest BCUT2D eigenvalue weighted by molar-refractivity contribution is -0.118. The van der Waals surface area contributed by atoms with E-state index in [1.54, 1.807) is 18.4 Å². The van der Waals surface area contributed by atoms with E-state index in [9.17, 15) is 10.1 Å². The third kappa shape index (κ3) is 3.37. The van der Waals surface area contributed by atoms with Crippen LogP contribution in [-0.4, -0.2) is 17.9 Å². The van der Waals surface area contributed by atoms with Crippen LogP contribution in [0.4, 0.5) is 5.69 Å². The van der Waals surface area contributed by atoms with Crippen LogP contribution in [0.3, 0.4) is 0 Å². The lowest BCUT2D eigenvalue weighted by atomic mass is 9.79. The van der Waals surface area contributed by atoms with Crippen LogP contribution in [0.1, 0.15) is 18.6 Å². The normalized spacial score (nSPS) is 20.0. The Morgan fingerprint density at radius 2 is 2.04 bits per heavy atom. The first-order valence-electron chi connectivity index (χ1n) is 7.78. The number of carbonyl (C=O) groups is 1. The molecule has 1 aromatic carbocycles. The highest BCUT2D eigenvalue weighted by Crippen LogP contribution is 2.41. The van der Waals surface area contributed by atoms with E-state index in [-0.39, 0.29) is 5.91 Å². The zero-order valence-electron chi connectivity index (χ0n) is 13.9. The average molecular weight is 351 g/mol. The quantitative estimate of drug-likeness (QED) is 0.896. The van der Waals surface area contributed by atoms with Gasteiger partial charge in [0, 0.05) is 11.4 Å². The number of amides is 1. The Balaban J connectivity index is 2.02. The van der Waals surface area contributed by atoms with Gasteiger partial charge in [-0.05, 0) is 37.4 Å². The number of rotatable bonds is 4. The predicted octanol–water partition coefficient (Wildman–Crippen LogP) is 4.19. The number of nitrogens with zero attached hydrogens (tertiary/aromatic N) is 2. The highest BCUT2D eigenvalue weighted by atomic mass is 32.2. The molecule has 2 unspecified atom stereocenters. The van der Waals surface area contributed by atoms with Crippen molar-refractivity contribution in [2.45, 2.75) is 12.8 Å². The molecule has 1 aliphatic rings. The van der Waals surface area contributed by atoms with Gasteiger partial charge in [-0.1, -0.05) is 18.2 Å². The molecule has 126 valence electrons. The van der Waals surface area contributed by atoms with E-state index in [1.807, 2.05) is 43.5 Å². The van der Waals surface area contributed by atoms with Crippen molar-refractivity contribution in [1.82, 2.24) is 0 Å². The van der Waals surface area contributed by atoms with Crippen LogP contribution >= 0.6 is 11.8 Å². The molecular weight excluding hydrogens is 334 g/mol. The van der Waals surface area contributed by atoms with E-state index in [0.717, 1.165) is 0 Å². The van der Waals surface area contributed by atoms with E-state index in [0.29, 0.717) is 27.8 Å². The largest absolute Gasteiger partial charge is 0.469 e. The van der Waals surface area contributed by atoms with Crippen LogP contribution in [0.15, 0.2) is 68.7 Å². The van der Waals surface area contributed by atoms with Crippen LogP contribution in [0.25, 0.3) is 0 Å². The highest BCUT2D eigenvalue weighted by molar-refractivity contribution is 8.02. The van der Waals surface area contributed by atoms with Gasteiger partial charge in [-0.15, -0.1) is 11.8 Å². The molecule has 2 heterocycles. The molecule has 1 aromatic heterocycles. The molecule has 1 N–H and O–H groups in total. The summed E-state index contributed by atoms with van der Waals surface area (Å²) in [5.41, 5.74) is 1.83. The Morgan fingerprint density at radius 3 is 2.64 bits per heavy atom. The van der Waals surface area contributed by atoms with Crippen LogP contribution < -0.4 is 5.32 Å². The summed E-state index contributed by atoms with van der Waals surface area (Å²) >= 11 is 1.40. The molecule has 5 nitrogen and oxygen atoms in total. The van der Waals surface area contributed by atoms with Crippen molar-refractivity contribution >= 4 is 29.1 Å². The van der Waals surface area contributed by atoms with E-state index in [4.69, 9.17) is 4.42 Å². The molecule has 6 heteroatoms. The highest BCUT2D eigenvalue weighted by Gasteiger charge is 2.40. The number of benzene rings is 1. The van der Waals surface area contributed by atoms with Gasteiger partial charge in [-0.3, -0.25) is 4.79 Å². The fraction of sp³-hybridized carbons (Fsp3) is 0.211. The van der Waals surface area contributed by atoms with Crippen molar-refractivity contribution < 1.29 is 9.21 Å². The van der Waals surface area contributed by atoms with Gasteiger partial charge in [0.1, 0.15) is 10.8 Å². The summed E-state index contributed by atoms with van der Waals surface area (Å²) in [6.07, 6.45) is 3.42. The topological polar surface area (TPSA) is 78.4 Å². The molecule has 0 saturated carbocycles. The summed E-state index contributed by atoms with van der Waals surface area (Å²) in [6, 6.07) is 15.0. The lowest BCUT2D eigenvalue weighted by Gasteiger charge is -2.29. The van der Waals surface area contributed by atoms with Crippen molar-refractivity contribution in [1.29, 1.82) is 5.26 Å². The number of nitrogens with one attached hydrogen (secondary N) is 1. The fourth-order valence-corrected chi connectivity index (χ4v) is 3.59. The molecular formula is C19H17N3O2S. The number of carbonyl (C=O) groups excluding carboxylic acids is 1. The standard InChI is InChI=1S/C19H17N3O2S/c1-12-16(18(23)22-13-7-4-3-5-8-13)17(15-9-6-10-24-15)14(11-20)19(21-12)25-2/h3-10,16-17H,1-2H3,(H,22,23).